The second-order valence-corrected chi connectivity index (χ2v) is 8.19. The van der Waals surface area contributed by atoms with Gasteiger partial charge in [-0.1, -0.05) is 57.0 Å². The first-order valence-corrected chi connectivity index (χ1v) is 10.4. The molecule has 0 bridgehead atoms. The van der Waals surface area contributed by atoms with E-state index in [0.717, 1.165) is 23.4 Å². The largest absolute Gasteiger partial charge is 0.448 e. The van der Waals surface area contributed by atoms with Crippen LogP contribution in [-0.2, 0) is 9.53 Å². The Morgan fingerprint density at radius 1 is 1.22 bits per heavy atom. The minimum absolute atomic E-state index is 0.145. The number of rotatable bonds is 5. The molecule has 1 amide bonds. The molecule has 2 aromatic rings. The first kappa shape index (κ1) is 19.5. The third-order valence-electron chi connectivity index (χ3n) is 5.42. The maximum atomic E-state index is 12.5. The Balaban J connectivity index is 1.57. The first-order valence-electron chi connectivity index (χ1n) is 9.48. The van der Waals surface area contributed by atoms with Crippen molar-refractivity contribution in [2.75, 3.05) is 0 Å². The van der Waals surface area contributed by atoms with Gasteiger partial charge in [0.15, 0.2) is 11.8 Å². The van der Waals surface area contributed by atoms with Crippen LogP contribution in [0.5, 0.6) is 0 Å². The van der Waals surface area contributed by atoms with E-state index in [2.05, 4.69) is 24.1 Å². The highest BCUT2D eigenvalue weighted by atomic mass is 32.1. The fraction of sp³-hybridized carbons (Fsp3) is 0.476. The standard InChI is InChI=1S/C21H26N2O3S/c1-13-8-7-11-17(14(13)2)22-19(24)15(3)26-21(25)18-12-27-20(23-18)16-9-5-4-6-10-16/h4-6,9-10,12-15,17H,7-8,11H2,1-3H3,(H,22,24)/t13-,14+,15+,17-/m0/s1. The van der Waals surface area contributed by atoms with Gasteiger partial charge in [-0.2, -0.15) is 0 Å². The molecule has 1 heterocycles. The monoisotopic (exact) mass is 386 g/mol. The molecule has 1 aromatic carbocycles. The maximum Gasteiger partial charge on any atom is 0.358 e. The molecule has 4 atom stereocenters. The average Bonchev–Trinajstić information content (AvgIpc) is 3.16. The molecule has 0 saturated heterocycles. The number of carbonyl (C=O) groups excluding carboxylic acids is 2. The van der Waals surface area contributed by atoms with Crippen LogP contribution in [0.4, 0.5) is 0 Å². The van der Waals surface area contributed by atoms with Crippen LogP contribution in [0.1, 0.15) is 50.5 Å². The van der Waals surface area contributed by atoms with Crippen LogP contribution in [0, 0.1) is 11.8 Å². The summed E-state index contributed by atoms with van der Waals surface area (Å²) in [6.07, 6.45) is 2.45. The van der Waals surface area contributed by atoms with Gasteiger partial charge in [-0.15, -0.1) is 11.3 Å². The summed E-state index contributed by atoms with van der Waals surface area (Å²) >= 11 is 1.38. The molecular weight excluding hydrogens is 360 g/mol. The number of hydrogen-bond acceptors (Lipinski definition) is 5. The van der Waals surface area contributed by atoms with Gasteiger partial charge in [0, 0.05) is 17.0 Å². The van der Waals surface area contributed by atoms with Crippen molar-refractivity contribution in [1.82, 2.24) is 10.3 Å². The summed E-state index contributed by atoms with van der Waals surface area (Å²) in [5, 5.41) is 5.47. The molecule has 1 aliphatic rings. The third-order valence-corrected chi connectivity index (χ3v) is 6.31. The van der Waals surface area contributed by atoms with Crippen LogP contribution >= 0.6 is 11.3 Å². The number of esters is 1. The second kappa shape index (κ2) is 8.65. The zero-order valence-corrected chi connectivity index (χ0v) is 16.8. The average molecular weight is 387 g/mol. The Morgan fingerprint density at radius 3 is 2.70 bits per heavy atom. The van der Waals surface area contributed by atoms with Crippen molar-refractivity contribution in [1.29, 1.82) is 0 Å². The summed E-state index contributed by atoms with van der Waals surface area (Å²) in [6, 6.07) is 9.81. The quantitative estimate of drug-likeness (QED) is 0.778. The Morgan fingerprint density at radius 2 is 1.96 bits per heavy atom. The molecule has 1 N–H and O–H groups in total. The topological polar surface area (TPSA) is 68.3 Å². The summed E-state index contributed by atoms with van der Waals surface area (Å²) in [4.78, 5) is 29.1. The van der Waals surface area contributed by atoms with E-state index < -0.39 is 12.1 Å². The maximum absolute atomic E-state index is 12.5. The molecule has 3 rings (SSSR count). The number of ether oxygens (including phenoxy) is 1. The Kier molecular flexibility index (Phi) is 6.26. The number of thiazole rings is 1. The van der Waals surface area contributed by atoms with E-state index in [1.807, 2.05) is 30.3 Å². The summed E-state index contributed by atoms with van der Waals surface area (Å²) in [5.41, 5.74) is 1.19. The molecule has 1 aliphatic carbocycles. The SMILES string of the molecule is C[C@H]1[C@@H](NC(=O)[C@@H](C)OC(=O)c2csc(-c3ccccc3)n2)CCC[C@@H]1C. The number of aromatic nitrogens is 1. The summed E-state index contributed by atoms with van der Waals surface area (Å²) in [7, 11) is 0. The van der Waals surface area contributed by atoms with E-state index in [4.69, 9.17) is 4.74 Å². The number of nitrogens with zero attached hydrogens (tertiary/aromatic N) is 1. The van der Waals surface area contributed by atoms with Crippen LogP contribution in [0.15, 0.2) is 35.7 Å². The Hall–Kier alpha value is -2.21. The number of hydrogen-bond donors (Lipinski definition) is 1. The lowest BCUT2D eigenvalue weighted by Gasteiger charge is -2.35. The molecule has 5 nitrogen and oxygen atoms in total. The lowest BCUT2D eigenvalue weighted by molar-refractivity contribution is -0.130. The normalized spacial score (nSPS) is 23.4. The van der Waals surface area contributed by atoms with Crippen molar-refractivity contribution in [3.8, 4) is 10.6 Å². The zero-order valence-electron chi connectivity index (χ0n) is 16.0. The summed E-state index contributed by atoms with van der Waals surface area (Å²) < 4.78 is 5.34. The van der Waals surface area contributed by atoms with Gasteiger partial charge >= 0.3 is 5.97 Å². The fourth-order valence-electron chi connectivity index (χ4n) is 3.44. The Bertz CT molecular complexity index is 790. The smallest absolute Gasteiger partial charge is 0.358 e. The van der Waals surface area contributed by atoms with E-state index in [9.17, 15) is 9.59 Å². The third kappa shape index (κ3) is 4.75. The van der Waals surface area contributed by atoms with Crippen LogP contribution < -0.4 is 5.32 Å². The van der Waals surface area contributed by atoms with Crippen LogP contribution in [0.25, 0.3) is 10.6 Å². The van der Waals surface area contributed by atoms with Gasteiger partial charge in [0.05, 0.1) is 0 Å². The molecule has 0 aliphatic heterocycles. The highest BCUT2D eigenvalue weighted by Crippen LogP contribution is 2.29. The fourth-order valence-corrected chi connectivity index (χ4v) is 4.24. The summed E-state index contributed by atoms with van der Waals surface area (Å²) in [6.45, 7) is 6.00. The predicted octanol–water partition coefficient (Wildman–Crippen LogP) is 4.30. The molecular formula is C21H26N2O3S. The molecule has 1 saturated carbocycles. The lowest BCUT2D eigenvalue weighted by Crippen LogP contribution is -2.47. The molecule has 1 fully saturated rings. The number of benzene rings is 1. The van der Waals surface area contributed by atoms with Gasteiger partial charge in [-0.25, -0.2) is 9.78 Å². The summed E-state index contributed by atoms with van der Waals surface area (Å²) in [5.74, 6) is 0.208. The van der Waals surface area contributed by atoms with E-state index in [1.165, 1.54) is 17.8 Å². The number of nitrogens with one attached hydrogen (secondary N) is 1. The lowest BCUT2D eigenvalue weighted by atomic mass is 9.78. The highest BCUT2D eigenvalue weighted by molar-refractivity contribution is 7.13. The van der Waals surface area contributed by atoms with Gasteiger partial charge in [0.1, 0.15) is 5.01 Å². The van der Waals surface area contributed by atoms with Crippen molar-refractivity contribution < 1.29 is 14.3 Å². The predicted molar refractivity (Wildman–Crippen MR) is 107 cm³/mol. The molecule has 0 radical (unpaired) electrons. The van der Waals surface area contributed by atoms with Gasteiger partial charge in [0.2, 0.25) is 0 Å². The number of amides is 1. The second-order valence-electron chi connectivity index (χ2n) is 7.33. The van der Waals surface area contributed by atoms with E-state index >= 15 is 0 Å². The number of carbonyl (C=O) groups is 2. The minimum Gasteiger partial charge on any atom is -0.448 e. The van der Waals surface area contributed by atoms with Crippen molar-refractivity contribution >= 4 is 23.2 Å². The van der Waals surface area contributed by atoms with Gasteiger partial charge in [0.25, 0.3) is 5.91 Å². The van der Waals surface area contributed by atoms with Gasteiger partial charge < -0.3 is 10.1 Å². The molecule has 27 heavy (non-hydrogen) atoms. The Labute approximate surface area is 164 Å². The molecule has 0 spiro atoms. The van der Waals surface area contributed by atoms with Crippen LogP contribution in [-0.4, -0.2) is 29.0 Å². The van der Waals surface area contributed by atoms with Crippen LogP contribution in [0.3, 0.4) is 0 Å². The van der Waals surface area contributed by atoms with E-state index in [0.29, 0.717) is 11.8 Å². The minimum atomic E-state index is -0.844. The van der Waals surface area contributed by atoms with Crippen molar-refractivity contribution in [3.63, 3.8) is 0 Å². The van der Waals surface area contributed by atoms with Crippen molar-refractivity contribution in [2.45, 2.75) is 52.2 Å². The first-order chi connectivity index (χ1) is 13.0. The molecule has 1 aromatic heterocycles. The van der Waals surface area contributed by atoms with Crippen molar-refractivity contribution in [2.24, 2.45) is 11.8 Å². The zero-order chi connectivity index (χ0) is 19.4. The van der Waals surface area contributed by atoms with E-state index in [-0.39, 0.29) is 17.6 Å². The molecule has 144 valence electrons. The van der Waals surface area contributed by atoms with Gasteiger partial charge in [-0.05, 0) is 25.2 Å². The van der Waals surface area contributed by atoms with Gasteiger partial charge in [-0.3, -0.25) is 4.79 Å². The van der Waals surface area contributed by atoms with Crippen LogP contribution in [0.2, 0.25) is 0 Å². The highest BCUT2D eigenvalue weighted by Gasteiger charge is 2.30. The molecule has 6 heteroatoms. The molecule has 0 unspecified atom stereocenters. The van der Waals surface area contributed by atoms with Crippen molar-refractivity contribution in [3.05, 3.63) is 41.4 Å². The van der Waals surface area contributed by atoms with E-state index in [1.54, 1.807) is 12.3 Å².